The first kappa shape index (κ1) is 19.3. The number of halogens is 3. The molecule has 9 heteroatoms. The van der Waals surface area contributed by atoms with E-state index >= 15 is 0 Å². The highest BCUT2D eigenvalue weighted by Crippen LogP contribution is 2.39. The summed E-state index contributed by atoms with van der Waals surface area (Å²) in [4.78, 5) is 15.6. The number of alkyl halides is 3. The summed E-state index contributed by atoms with van der Waals surface area (Å²) in [6.45, 7) is 5.46. The zero-order valence-corrected chi connectivity index (χ0v) is 14.4. The van der Waals surface area contributed by atoms with Gasteiger partial charge in [0, 0.05) is 25.7 Å². The van der Waals surface area contributed by atoms with E-state index in [1.54, 1.807) is 20.8 Å². The van der Waals surface area contributed by atoms with Crippen molar-refractivity contribution in [1.82, 2.24) is 10.3 Å². The van der Waals surface area contributed by atoms with E-state index in [0.717, 1.165) is 6.07 Å². The number of alkyl carbamates (subject to hydrolysis) is 1. The van der Waals surface area contributed by atoms with Gasteiger partial charge in [-0.25, -0.2) is 9.78 Å². The molecule has 0 radical (unpaired) electrons. The van der Waals surface area contributed by atoms with Gasteiger partial charge in [0.05, 0.1) is 6.04 Å². The molecule has 1 aromatic rings. The van der Waals surface area contributed by atoms with Crippen LogP contribution in [0.1, 0.15) is 44.5 Å². The summed E-state index contributed by atoms with van der Waals surface area (Å²) < 4.78 is 54.2. The van der Waals surface area contributed by atoms with Crippen LogP contribution >= 0.6 is 0 Å². The molecule has 6 nitrogen and oxygen atoms in total. The molecular weight excluding hydrogens is 341 g/mol. The quantitative estimate of drug-likeness (QED) is 0.888. The molecule has 1 amide bonds. The van der Waals surface area contributed by atoms with E-state index in [1.165, 1.54) is 13.2 Å². The second-order valence-electron chi connectivity index (χ2n) is 6.65. The number of amides is 1. The van der Waals surface area contributed by atoms with Crippen LogP contribution in [0, 0.1) is 0 Å². The predicted molar refractivity (Wildman–Crippen MR) is 82.3 cm³/mol. The van der Waals surface area contributed by atoms with Gasteiger partial charge in [-0.15, -0.1) is 0 Å². The normalized spacial score (nSPS) is 20.0. The lowest BCUT2D eigenvalue weighted by molar-refractivity contribution is -0.141. The Bertz CT molecular complexity index is 629. The van der Waals surface area contributed by atoms with Crippen LogP contribution in [0.25, 0.3) is 0 Å². The lowest BCUT2D eigenvalue weighted by Gasteiger charge is -2.24. The highest BCUT2D eigenvalue weighted by Gasteiger charge is 2.40. The van der Waals surface area contributed by atoms with Gasteiger partial charge < -0.3 is 19.5 Å². The number of methoxy groups -OCH3 is 1. The van der Waals surface area contributed by atoms with Crippen molar-refractivity contribution < 1.29 is 32.2 Å². The molecule has 0 bridgehead atoms. The Morgan fingerprint density at radius 1 is 1.32 bits per heavy atom. The Morgan fingerprint density at radius 3 is 2.56 bits per heavy atom. The number of rotatable bonds is 4. The highest BCUT2D eigenvalue weighted by atomic mass is 19.4. The van der Waals surface area contributed by atoms with Gasteiger partial charge in [-0.3, -0.25) is 0 Å². The number of carbonyl (C=O) groups excluding carboxylic acids is 1. The van der Waals surface area contributed by atoms with Gasteiger partial charge in [0.2, 0.25) is 5.88 Å². The van der Waals surface area contributed by atoms with Crippen molar-refractivity contribution in [2.75, 3.05) is 13.7 Å². The van der Waals surface area contributed by atoms with Crippen molar-refractivity contribution in [2.45, 2.75) is 51.1 Å². The molecule has 2 atom stereocenters. The first-order chi connectivity index (χ1) is 11.5. The van der Waals surface area contributed by atoms with Gasteiger partial charge in [0.1, 0.15) is 17.4 Å². The second kappa shape index (κ2) is 7.07. The molecule has 0 saturated heterocycles. The molecule has 2 heterocycles. The minimum atomic E-state index is -4.57. The van der Waals surface area contributed by atoms with E-state index in [1.807, 2.05) is 0 Å². The summed E-state index contributed by atoms with van der Waals surface area (Å²) in [6, 6.07) is 1.46. The lowest BCUT2D eigenvalue weighted by Crippen LogP contribution is -2.39. The number of ether oxygens (including phenoxy) is 3. The third kappa shape index (κ3) is 4.97. The molecule has 25 heavy (non-hydrogen) atoms. The Kier molecular flexibility index (Phi) is 5.46. The minimum absolute atomic E-state index is 0.142. The van der Waals surface area contributed by atoms with Gasteiger partial charge in [0.25, 0.3) is 0 Å². The van der Waals surface area contributed by atoms with Crippen molar-refractivity contribution in [2.24, 2.45) is 0 Å². The summed E-state index contributed by atoms with van der Waals surface area (Å²) in [6.07, 6.45) is -5.49. The van der Waals surface area contributed by atoms with Crippen LogP contribution in [0.5, 0.6) is 5.88 Å². The molecule has 1 aliphatic rings. The van der Waals surface area contributed by atoms with Crippen molar-refractivity contribution in [3.63, 3.8) is 0 Å². The summed E-state index contributed by atoms with van der Waals surface area (Å²) in [5, 5.41) is 2.65. The molecule has 0 unspecified atom stereocenters. The van der Waals surface area contributed by atoms with Crippen molar-refractivity contribution in [3.05, 3.63) is 23.4 Å². The third-order valence-corrected chi connectivity index (χ3v) is 3.43. The van der Waals surface area contributed by atoms with Gasteiger partial charge in [0.15, 0.2) is 0 Å². The van der Waals surface area contributed by atoms with Crippen molar-refractivity contribution in [1.29, 1.82) is 0 Å². The average Bonchev–Trinajstić information content (AvgIpc) is 2.79. The van der Waals surface area contributed by atoms with Gasteiger partial charge in [-0.05, 0) is 32.9 Å². The maximum Gasteiger partial charge on any atom is 0.433 e. The van der Waals surface area contributed by atoms with Crippen LogP contribution in [-0.2, 0) is 15.7 Å². The summed E-state index contributed by atoms with van der Waals surface area (Å²) in [5.74, 6) is -0.142. The van der Waals surface area contributed by atoms with Crippen molar-refractivity contribution >= 4 is 6.09 Å². The molecule has 2 rings (SSSR count). The number of hydrogen-bond acceptors (Lipinski definition) is 5. The van der Waals surface area contributed by atoms with Gasteiger partial charge >= 0.3 is 12.3 Å². The Hall–Kier alpha value is -2.03. The fourth-order valence-corrected chi connectivity index (χ4v) is 2.42. The third-order valence-electron chi connectivity index (χ3n) is 3.43. The van der Waals surface area contributed by atoms with E-state index in [0.29, 0.717) is 18.6 Å². The number of pyridine rings is 1. The molecule has 140 valence electrons. The number of nitrogens with one attached hydrogen (secondary N) is 1. The van der Waals surface area contributed by atoms with E-state index < -0.39 is 35.7 Å². The summed E-state index contributed by atoms with van der Waals surface area (Å²) in [7, 11) is 1.50. The minimum Gasteiger partial charge on any atom is -0.471 e. The van der Waals surface area contributed by atoms with Crippen molar-refractivity contribution in [3.8, 4) is 5.88 Å². The van der Waals surface area contributed by atoms with Crippen LogP contribution in [0.3, 0.4) is 0 Å². The van der Waals surface area contributed by atoms with E-state index in [4.69, 9.17) is 14.2 Å². The maximum absolute atomic E-state index is 12.8. The topological polar surface area (TPSA) is 69.7 Å². The van der Waals surface area contributed by atoms with Crippen LogP contribution in [0.2, 0.25) is 0 Å². The standard InChI is InChI=1S/C16H21F3N2O4/c1-15(2,3)25-14(22)21-12-9-5-6-11(16(17,18)19)20-13(9)24-10(12)7-8-23-4/h5-6,10,12H,7-8H2,1-4H3,(H,21,22)/t10-,12-/m0/s1. The molecule has 0 spiro atoms. The first-order valence-electron chi connectivity index (χ1n) is 7.74. The predicted octanol–water partition coefficient (Wildman–Crippen LogP) is 3.46. The zero-order chi connectivity index (χ0) is 18.8. The number of fused-ring (bicyclic) bond motifs is 1. The molecule has 1 aromatic heterocycles. The van der Waals surface area contributed by atoms with Crippen LogP contribution in [0.4, 0.5) is 18.0 Å². The molecule has 0 aromatic carbocycles. The van der Waals surface area contributed by atoms with Crippen LogP contribution in [-0.4, -0.2) is 36.5 Å². The molecule has 1 N–H and O–H groups in total. The summed E-state index contributed by atoms with van der Waals surface area (Å²) in [5.41, 5.74) is -1.37. The number of carbonyl (C=O) groups is 1. The maximum atomic E-state index is 12.8. The fraction of sp³-hybridized carbons (Fsp3) is 0.625. The Morgan fingerprint density at radius 2 is 2.00 bits per heavy atom. The molecule has 0 saturated carbocycles. The number of aromatic nitrogens is 1. The Balaban J connectivity index is 2.24. The number of nitrogens with zero attached hydrogens (tertiary/aromatic N) is 1. The monoisotopic (exact) mass is 362 g/mol. The smallest absolute Gasteiger partial charge is 0.433 e. The van der Waals surface area contributed by atoms with Crippen LogP contribution in [0.15, 0.2) is 12.1 Å². The first-order valence-corrected chi connectivity index (χ1v) is 7.74. The molecular formula is C16H21F3N2O4. The number of hydrogen-bond donors (Lipinski definition) is 1. The molecule has 0 fully saturated rings. The second-order valence-corrected chi connectivity index (χ2v) is 6.65. The zero-order valence-electron chi connectivity index (χ0n) is 14.4. The SMILES string of the molecule is COCC[C@@H]1Oc2nc(C(F)(F)F)ccc2[C@@H]1NC(=O)OC(C)(C)C. The van der Waals surface area contributed by atoms with Crippen LogP contribution < -0.4 is 10.1 Å². The van der Waals surface area contributed by atoms with E-state index in [9.17, 15) is 18.0 Å². The average molecular weight is 362 g/mol. The molecule has 0 aliphatic carbocycles. The lowest BCUT2D eigenvalue weighted by atomic mass is 10.0. The fourth-order valence-electron chi connectivity index (χ4n) is 2.42. The van der Waals surface area contributed by atoms with E-state index in [-0.39, 0.29) is 5.88 Å². The Labute approximate surface area is 143 Å². The molecule has 1 aliphatic heterocycles. The highest BCUT2D eigenvalue weighted by molar-refractivity contribution is 5.69. The largest absolute Gasteiger partial charge is 0.471 e. The van der Waals surface area contributed by atoms with Gasteiger partial charge in [-0.2, -0.15) is 13.2 Å². The van der Waals surface area contributed by atoms with E-state index in [2.05, 4.69) is 10.3 Å². The van der Waals surface area contributed by atoms with Gasteiger partial charge in [-0.1, -0.05) is 0 Å². The summed E-state index contributed by atoms with van der Waals surface area (Å²) >= 11 is 0.